The Bertz CT molecular complexity index is 940. The van der Waals surface area contributed by atoms with Gasteiger partial charge in [-0.25, -0.2) is 0 Å². The first-order chi connectivity index (χ1) is 14.5. The second kappa shape index (κ2) is 9.09. The summed E-state index contributed by atoms with van der Waals surface area (Å²) >= 11 is 6.16. The molecular weight excluding hydrogens is 398 g/mol. The van der Waals surface area contributed by atoms with Crippen LogP contribution in [0.5, 0.6) is 0 Å². The first-order valence-electron chi connectivity index (χ1n) is 10.7. The molecule has 1 N–H and O–H groups in total. The van der Waals surface area contributed by atoms with Crippen molar-refractivity contribution in [2.45, 2.75) is 38.1 Å². The summed E-state index contributed by atoms with van der Waals surface area (Å²) in [6.07, 6.45) is 5.18. The molecule has 1 unspecified atom stereocenters. The van der Waals surface area contributed by atoms with Crippen molar-refractivity contribution >= 4 is 29.1 Å². The number of rotatable bonds is 5. The summed E-state index contributed by atoms with van der Waals surface area (Å²) in [6.45, 7) is 1.68. The number of amides is 2. The Hall–Kier alpha value is -2.53. The van der Waals surface area contributed by atoms with Gasteiger partial charge in [0.1, 0.15) is 0 Å². The maximum Gasteiger partial charge on any atom is 0.256 e. The molecule has 1 saturated heterocycles. The number of halogens is 1. The van der Waals surface area contributed by atoms with E-state index < -0.39 is 0 Å². The topological polar surface area (TPSA) is 52.7 Å². The third kappa shape index (κ3) is 4.31. The van der Waals surface area contributed by atoms with Crippen LogP contribution in [0.3, 0.4) is 0 Å². The highest BCUT2D eigenvalue weighted by atomic mass is 35.5. The van der Waals surface area contributed by atoms with E-state index in [2.05, 4.69) is 23.5 Å². The highest BCUT2D eigenvalue weighted by Gasteiger charge is 2.27. The first kappa shape index (κ1) is 20.7. The van der Waals surface area contributed by atoms with Crippen molar-refractivity contribution in [2.24, 2.45) is 0 Å². The molecule has 1 atom stereocenters. The lowest BCUT2D eigenvalue weighted by Crippen LogP contribution is -2.37. The Kier molecular flexibility index (Phi) is 6.28. The van der Waals surface area contributed by atoms with Crippen LogP contribution in [0, 0.1) is 0 Å². The number of carbonyl (C=O) groups is 2. The summed E-state index contributed by atoms with van der Waals surface area (Å²) in [4.78, 5) is 29.6. The quantitative estimate of drug-likeness (QED) is 0.766. The second-order valence-corrected chi connectivity index (χ2v) is 8.59. The van der Waals surface area contributed by atoms with Crippen LogP contribution in [-0.4, -0.2) is 48.3 Å². The van der Waals surface area contributed by atoms with Gasteiger partial charge in [0, 0.05) is 30.8 Å². The van der Waals surface area contributed by atoms with Gasteiger partial charge in [0.25, 0.3) is 5.91 Å². The lowest BCUT2D eigenvalue weighted by Gasteiger charge is -2.33. The molecule has 1 aliphatic carbocycles. The molecule has 4 rings (SSSR count). The van der Waals surface area contributed by atoms with Crippen molar-refractivity contribution in [3.63, 3.8) is 0 Å². The van der Waals surface area contributed by atoms with Gasteiger partial charge in [0.15, 0.2) is 0 Å². The molecule has 2 aliphatic rings. The van der Waals surface area contributed by atoms with Gasteiger partial charge in [0.05, 0.1) is 18.2 Å². The van der Waals surface area contributed by atoms with Gasteiger partial charge >= 0.3 is 0 Å². The standard InChI is InChI=1S/C24H28ClN3O2/c1-27(22-10-6-8-17-7-2-3-9-19(17)22)23(29)16-26-21-12-11-18(25)15-20(21)24(30)28-13-4-5-14-28/h2-3,7,9,11-12,15,22,26H,4-6,8,10,13-14,16H2,1H3. The minimum absolute atomic E-state index is 0.00576. The molecular formula is C24H28ClN3O2. The third-order valence-electron chi connectivity index (χ3n) is 6.23. The summed E-state index contributed by atoms with van der Waals surface area (Å²) in [5.41, 5.74) is 3.76. The molecule has 2 aromatic rings. The number of nitrogens with zero attached hydrogens (tertiary/aromatic N) is 2. The fraction of sp³-hybridized carbons (Fsp3) is 0.417. The van der Waals surface area contributed by atoms with E-state index in [9.17, 15) is 9.59 Å². The van der Waals surface area contributed by atoms with Crippen LogP contribution >= 0.6 is 11.6 Å². The third-order valence-corrected chi connectivity index (χ3v) is 6.47. The van der Waals surface area contributed by atoms with Crippen molar-refractivity contribution in [3.8, 4) is 0 Å². The van der Waals surface area contributed by atoms with Crippen LogP contribution in [0.4, 0.5) is 5.69 Å². The summed E-state index contributed by atoms with van der Waals surface area (Å²) in [5.74, 6) is -0.0225. The van der Waals surface area contributed by atoms with Gasteiger partial charge < -0.3 is 15.1 Å². The molecule has 1 fully saturated rings. The smallest absolute Gasteiger partial charge is 0.256 e. The van der Waals surface area contributed by atoms with E-state index >= 15 is 0 Å². The second-order valence-electron chi connectivity index (χ2n) is 8.15. The van der Waals surface area contributed by atoms with Crippen LogP contribution in [0.1, 0.15) is 53.2 Å². The highest BCUT2D eigenvalue weighted by Crippen LogP contribution is 2.33. The summed E-state index contributed by atoms with van der Waals surface area (Å²) < 4.78 is 0. The maximum absolute atomic E-state index is 13.0. The Morgan fingerprint density at radius 2 is 1.90 bits per heavy atom. The average Bonchev–Trinajstić information content (AvgIpc) is 3.31. The summed E-state index contributed by atoms with van der Waals surface area (Å²) in [7, 11) is 1.87. The van der Waals surface area contributed by atoms with Gasteiger partial charge in [-0.05, 0) is 61.4 Å². The van der Waals surface area contributed by atoms with Crippen LogP contribution < -0.4 is 5.32 Å². The van der Waals surface area contributed by atoms with Gasteiger partial charge in [-0.15, -0.1) is 0 Å². The van der Waals surface area contributed by atoms with E-state index in [0.717, 1.165) is 45.2 Å². The van der Waals surface area contributed by atoms with E-state index in [-0.39, 0.29) is 24.4 Å². The monoisotopic (exact) mass is 425 g/mol. The van der Waals surface area contributed by atoms with Crippen molar-refractivity contribution < 1.29 is 9.59 Å². The lowest BCUT2D eigenvalue weighted by molar-refractivity contribution is -0.130. The molecule has 2 amide bonds. The SMILES string of the molecule is CN(C(=O)CNc1ccc(Cl)cc1C(=O)N1CCCC1)C1CCCc2ccccc21. The number of hydrogen-bond acceptors (Lipinski definition) is 3. The summed E-state index contributed by atoms with van der Waals surface area (Å²) in [5, 5.41) is 3.71. The fourth-order valence-electron chi connectivity index (χ4n) is 4.54. The van der Waals surface area contributed by atoms with Crippen molar-refractivity contribution in [3.05, 3.63) is 64.2 Å². The largest absolute Gasteiger partial charge is 0.376 e. The molecule has 158 valence electrons. The minimum Gasteiger partial charge on any atom is -0.376 e. The van der Waals surface area contributed by atoms with E-state index in [1.165, 1.54) is 11.1 Å². The van der Waals surface area contributed by atoms with Crippen LogP contribution in [0.25, 0.3) is 0 Å². The van der Waals surface area contributed by atoms with E-state index in [1.807, 2.05) is 22.9 Å². The molecule has 5 nitrogen and oxygen atoms in total. The van der Waals surface area contributed by atoms with Gasteiger partial charge in [0.2, 0.25) is 5.91 Å². The molecule has 6 heteroatoms. The van der Waals surface area contributed by atoms with Crippen molar-refractivity contribution in [2.75, 3.05) is 32.0 Å². The zero-order valence-corrected chi connectivity index (χ0v) is 18.1. The van der Waals surface area contributed by atoms with Gasteiger partial charge in [-0.3, -0.25) is 9.59 Å². The van der Waals surface area contributed by atoms with E-state index in [1.54, 1.807) is 18.2 Å². The molecule has 0 aromatic heterocycles. The molecule has 0 bridgehead atoms. The van der Waals surface area contributed by atoms with Gasteiger partial charge in [-0.1, -0.05) is 35.9 Å². The number of nitrogens with one attached hydrogen (secondary N) is 1. The maximum atomic E-state index is 13.0. The molecule has 1 heterocycles. The minimum atomic E-state index is -0.0282. The number of likely N-dealkylation sites (N-methyl/N-ethyl adjacent to an activating group) is 1. The highest BCUT2D eigenvalue weighted by molar-refractivity contribution is 6.31. The molecule has 0 spiro atoms. The zero-order valence-electron chi connectivity index (χ0n) is 17.4. The molecule has 1 aliphatic heterocycles. The molecule has 2 aromatic carbocycles. The normalized spacial score (nSPS) is 18.1. The Morgan fingerprint density at radius 3 is 2.70 bits per heavy atom. The number of aryl methyl sites for hydroxylation is 1. The van der Waals surface area contributed by atoms with Crippen LogP contribution in [0.2, 0.25) is 5.02 Å². The number of carbonyl (C=O) groups excluding carboxylic acids is 2. The first-order valence-corrected chi connectivity index (χ1v) is 11.1. The predicted molar refractivity (Wildman–Crippen MR) is 120 cm³/mol. The van der Waals surface area contributed by atoms with Crippen molar-refractivity contribution in [1.29, 1.82) is 0 Å². The number of anilines is 1. The molecule has 0 saturated carbocycles. The Labute approximate surface area is 183 Å². The van der Waals surface area contributed by atoms with E-state index in [0.29, 0.717) is 16.3 Å². The number of likely N-dealkylation sites (tertiary alicyclic amines) is 1. The Balaban J connectivity index is 1.46. The summed E-state index contributed by atoms with van der Waals surface area (Å²) in [6, 6.07) is 13.7. The van der Waals surface area contributed by atoms with E-state index in [4.69, 9.17) is 11.6 Å². The molecule has 0 radical (unpaired) electrons. The number of hydrogen-bond donors (Lipinski definition) is 1. The van der Waals surface area contributed by atoms with Crippen LogP contribution in [0.15, 0.2) is 42.5 Å². The lowest BCUT2D eigenvalue weighted by atomic mass is 9.87. The molecule has 30 heavy (non-hydrogen) atoms. The fourth-order valence-corrected chi connectivity index (χ4v) is 4.71. The predicted octanol–water partition coefficient (Wildman–Crippen LogP) is 4.52. The van der Waals surface area contributed by atoms with Gasteiger partial charge in [-0.2, -0.15) is 0 Å². The average molecular weight is 426 g/mol. The van der Waals surface area contributed by atoms with Crippen LogP contribution in [-0.2, 0) is 11.2 Å². The number of fused-ring (bicyclic) bond motifs is 1. The van der Waals surface area contributed by atoms with Crippen molar-refractivity contribution in [1.82, 2.24) is 9.80 Å². The Morgan fingerprint density at radius 1 is 1.13 bits per heavy atom. The zero-order chi connectivity index (χ0) is 21.1. The number of benzene rings is 2.